The van der Waals surface area contributed by atoms with Crippen molar-refractivity contribution in [3.05, 3.63) is 57.3 Å². The number of carbonyl (C=O) groups is 1. The highest BCUT2D eigenvalue weighted by atomic mass is 79.9. The molecule has 0 spiro atoms. The van der Waals surface area contributed by atoms with E-state index in [4.69, 9.17) is 11.6 Å². The third-order valence-electron chi connectivity index (χ3n) is 2.46. The average molecular weight is 362 g/mol. The lowest BCUT2D eigenvalue weighted by Gasteiger charge is -2.07. The fourth-order valence-corrected chi connectivity index (χ4v) is 2.01. The number of halogens is 4. The molecule has 0 aliphatic rings. The maximum atomic E-state index is 13.4. The Bertz CT molecular complexity index is 667. The predicted octanol–water partition coefficient (Wildman–Crippen LogP) is 3.96. The lowest BCUT2D eigenvalue weighted by molar-refractivity contribution is -0.115. The van der Waals surface area contributed by atoms with Gasteiger partial charge < -0.3 is 5.32 Å². The second-order valence-electron chi connectivity index (χ2n) is 3.93. The molecule has 7 heteroatoms. The van der Waals surface area contributed by atoms with Gasteiger partial charge in [0.05, 0.1) is 22.8 Å². The zero-order valence-corrected chi connectivity index (χ0v) is 12.3. The van der Waals surface area contributed by atoms with Crippen LogP contribution in [0.25, 0.3) is 0 Å². The summed E-state index contributed by atoms with van der Waals surface area (Å²) in [6, 6.07) is 5.27. The zero-order valence-electron chi connectivity index (χ0n) is 9.96. The fraction of sp³-hybridized carbons (Fsp3) is 0.0769. The van der Waals surface area contributed by atoms with E-state index in [0.29, 0.717) is 10.2 Å². The van der Waals surface area contributed by atoms with Gasteiger partial charge in [0.15, 0.2) is 11.6 Å². The SMILES string of the molecule is O=C(Cc1cccc(F)c1F)Nc1cnc(Cl)c(Br)c1. The summed E-state index contributed by atoms with van der Waals surface area (Å²) in [6.45, 7) is 0. The van der Waals surface area contributed by atoms with Crippen molar-refractivity contribution >= 4 is 39.1 Å². The van der Waals surface area contributed by atoms with Crippen LogP contribution in [0.2, 0.25) is 5.15 Å². The molecule has 0 saturated heterocycles. The number of pyridine rings is 1. The van der Waals surface area contributed by atoms with Gasteiger partial charge in [0.25, 0.3) is 0 Å². The maximum Gasteiger partial charge on any atom is 0.228 e. The molecule has 1 aromatic carbocycles. The monoisotopic (exact) mass is 360 g/mol. The highest BCUT2D eigenvalue weighted by Gasteiger charge is 2.12. The smallest absolute Gasteiger partial charge is 0.228 e. The van der Waals surface area contributed by atoms with Crippen LogP contribution in [-0.4, -0.2) is 10.9 Å². The molecule has 0 unspecified atom stereocenters. The summed E-state index contributed by atoms with van der Waals surface area (Å²) in [5.41, 5.74) is 0.395. The highest BCUT2D eigenvalue weighted by molar-refractivity contribution is 9.10. The van der Waals surface area contributed by atoms with Crippen LogP contribution >= 0.6 is 27.5 Å². The van der Waals surface area contributed by atoms with Gasteiger partial charge in [0.2, 0.25) is 5.91 Å². The summed E-state index contributed by atoms with van der Waals surface area (Å²) >= 11 is 8.89. The highest BCUT2D eigenvalue weighted by Crippen LogP contribution is 2.23. The summed E-state index contributed by atoms with van der Waals surface area (Å²) in [6.07, 6.45) is 1.09. The van der Waals surface area contributed by atoms with Crippen molar-refractivity contribution in [3.63, 3.8) is 0 Å². The molecule has 1 aromatic heterocycles. The topological polar surface area (TPSA) is 42.0 Å². The Morgan fingerprint density at radius 3 is 2.85 bits per heavy atom. The number of amides is 1. The molecule has 3 nitrogen and oxygen atoms in total. The standard InChI is InChI=1S/C13H8BrClF2N2O/c14-9-5-8(6-18-13(9)15)19-11(20)4-7-2-1-3-10(16)12(7)17/h1-3,5-6H,4H2,(H,19,20). The predicted molar refractivity (Wildman–Crippen MR) is 75.6 cm³/mol. The van der Waals surface area contributed by atoms with Gasteiger partial charge in [-0.2, -0.15) is 0 Å². The molecule has 2 rings (SSSR count). The number of hydrogen-bond donors (Lipinski definition) is 1. The Hall–Kier alpha value is -1.53. The summed E-state index contributed by atoms with van der Waals surface area (Å²) in [5, 5.41) is 2.79. The number of nitrogens with zero attached hydrogens (tertiary/aromatic N) is 1. The van der Waals surface area contributed by atoms with Gasteiger partial charge >= 0.3 is 0 Å². The van der Waals surface area contributed by atoms with E-state index in [2.05, 4.69) is 26.2 Å². The minimum absolute atomic E-state index is 0.0107. The largest absolute Gasteiger partial charge is 0.324 e. The van der Waals surface area contributed by atoms with Crippen LogP contribution in [0.5, 0.6) is 0 Å². The molecule has 0 bridgehead atoms. The molecule has 104 valence electrons. The van der Waals surface area contributed by atoms with Crippen LogP contribution in [0.1, 0.15) is 5.56 Å². The molecule has 20 heavy (non-hydrogen) atoms. The second kappa shape index (κ2) is 6.28. The first-order valence-electron chi connectivity index (χ1n) is 5.51. The second-order valence-corrected chi connectivity index (χ2v) is 5.15. The molecule has 0 radical (unpaired) electrons. The van der Waals surface area contributed by atoms with E-state index in [0.717, 1.165) is 6.07 Å². The van der Waals surface area contributed by atoms with Gasteiger partial charge in [-0.3, -0.25) is 4.79 Å². The van der Waals surface area contributed by atoms with Crippen LogP contribution < -0.4 is 5.32 Å². The van der Waals surface area contributed by atoms with E-state index in [1.165, 1.54) is 18.3 Å². The van der Waals surface area contributed by atoms with Gasteiger partial charge in [-0.1, -0.05) is 23.7 Å². The van der Waals surface area contributed by atoms with E-state index in [1.54, 1.807) is 6.07 Å². The van der Waals surface area contributed by atoms with Crippen molar-refractivity contribution in [1.29, 1.82) is 0 Å². The van der Waals surface area contributed by atoms with Crippen LogP contribution in [0.15, 0.2) is 34.9 Å². The van der Waals surface area contributed by atoms with Gasteiger partial charge in [-0.05, 0) is 28.1 Å². The minimum Gasteiger partial charge on any atom is -0.324 e. The molecule has 1 amide bonds. The number of benzene rings is 1. The molecular weight excluding hydrogens is 354 g/mol. The molecular formula is C13H8BrClF2N2O. The first-order chi connectivity index (χ1) is 9.47. The van der Waals surface area contributed by atoms with Gasteiger partial charge in [-0.15, -0.1) is 0 Å². The lowest BCUT2D eigenvalue weighted by Crippen LogP contribution is -2.15. The number of rotatable bonds is 3. The first kappa shape index (κ1) is 14.9. The lowest BCUT2D eigenvalue weighted by atomic mass is 10.1. The third-order valence-corrected chi connectivity index (χ3v) is 3.60. The van der Waals surface area contributed by atoms with E-state index < -0.39 is 17.5 Å². The molecule has 1 heterocycles. The molecule has 0 aliphatic heterocycles. The van der Waals surface area contributed by atoms with Crippen LogP contribution in [-0.2, 0) is 11.2 Å². The molecule has 0 aliphatic carbocycles. The quantitative estimate of drug-likeness (QED) is 0.841. The number of anilines is 1. The van der Waals surface area contributed by atoms with E-state index in [9.17, 15) is 13.6 Å². The number of nitrogens with one attached hydrogen (secondary N) is 1. The molecule has 0 saturated carbocycles. The minimum atomic E-state index is -1.02. The Kier molecular flexibility index (Phi) is 4.67. The average Bonchev–Trinajstić information content (AvgIpc) is 2.39. The van der Waals surface area contributed by atoms with Gasteiger partial charge in [0, 0.05) is 5.56 Å². The number of hydrogen-bond acceptors (Lipinski definition) is 2. The first-order valence-corrected chi connectivity index (χ1v) is 6.68. The van der Waals surface area contributed by atoms with Crippen LogP contribution in [0.4, 0.5) is 14.5 Å². The van der Waals surface area contributed by atoms with Crippen LogP contribution in [0.3, 0.4) is 0 Å². The number of carbonyl (C=O) groups excluding carboxylic acids is 1. The summed E-state index contributed by atoms with van der Waals surface area (Å²) < 4.78 is 27.0. The van der Waals surface area contributed by atoms with Crippen molar-refractivity contribution in [1.82, 2.24) is 4.98 Å². The van der Waals surface area contributed by atoms with Gasteiger partial charge in [-0.25, -0.2) is 13.8 Å². The Balaban J connectivity index is 2.09. The summed E-state index contributed by atoms with van der Waals surface area (Å²) in [7, 11) is 0. The van der Waals surface area contributed by atoms with Crippen molar-refractivity contribution in [2.24, 2.45) is 0 Å². The molecule has 2 aromatic rings. The Morgan fingerprint density at radius 2 is 2.15 bits per heavy atom. The molecule has 0 fully saturated rings. The van der Waals surface area contributed by atoms with Crippen LogP contribution in [0, 0.1) is 11.6 Å². The molecule has 0 atom stereocenters. The van der Waals surface area contributed by atoms with Crippen molar-refractivity contribution in [2.45, 2.75) is 6.42 Å². The number of aromatic nitrogens is 1. The fourth-order valence-electron chi connectivity index (χ4n) is 1.55. The van der Waals surface area contributed by atoms with E-state index >= 15 is 0 Å². The van der Waals surface area contributed by atoms with Gasteiger partial charge in [0.1, 0.15) is 5.15 Å². The van der Waals surface area contributed by atoms with Crippen molar-refractivity contribution in [2.75, 3.05) is 5.32 Å². The van der Waals surface area contributed by atoms with Crippen molar-refractivity contribution < 1.29 is 13.6 Å². The Labute approximate surface area is 127 Å². The normalized spacial score (nSPS) is 10.4. The third kappa shape index (κ3) is 3.52. The zero-order chi connectivity index (χ0) is 14.7. The van der Waals surface area contributed by atoms with E-state index in [-0.39, 0.29) is 17.1 Å². The maximum absolute atomic E-state index is 13.4. The van der Waals surface area contributed by atoms with E-state index in [1.807, 2.05) is 0 Å². The van der Waals surface area contributed by atoms with Crippen molar-refractivity contribution in [3.8, 4) is 0 Å². The summed E-state index contributed by atoms with van der Waals surface area (Å²) in [5.74, 6) is -2.48. The summed E-state index contributed by atoms with van der Waals surface area (Å²) in [4.78, 5) is 15.6. The Morgan fingerprint density at radius 1 is 1.40 bits per heavy atom. The molecule has 1 N–H and O–H groups in total.